The second kappa shape index (κ2) is 9.11. The summed E-state index contributed by atoms with van der Waals surface area (Å²) in [6, 6.07) is 10.1. The minimum absolute atomic E-state index is 0.140. The number of phenols is 2. The fraction of sp³-hybridized carbons (Fsp3) is 0.296. The molecule has 0 spiro atoms. The van der Waals surface area contributed by atoms with Gasteiger partial charge in [-0.15, -0.1) is 0 Å². The van der Waals surface area contributed by atoms with E-state index in [1.54, 1.807) is 36.4 Å². The van der Waals surface area contributed by atoms with Crippen molar-refractivity contribution < 1.29 is 34.0 Å². The molecule has 5 rings (SSSR count). The quantitative estimate of drug-likeness (QED) is 0.369. The summed E-state index contributed by atoms with van der Waals surface area (Å²) in [4.78, 5) is 15.1. The van der Waals surface area contributed by atoms with Crippen LogP contribution in [0.15, 0.2) is 36.4 Å². The van der Waals surface area contributed by atoms with E-state index in [0.717, 1.165) is 5.56 Å². The Labute approximate surface area is 213 Å². The summed E-state index contributed by atoms with van der Waals surface area (Å²) in [5, 5.41) is 22.6. The number of phenolic OH excluding ortho intramolecular Hbond substituents is 2. The first-order valence-corrected chi connectivity index (χ1v) is 11.8. The molecule has 0 aliphatic carbocycles. The summed E-state index contributed by atoms with van der Waals surface area (Å²) in [6.07, 6.45) is -0.142. The molecule has 0 radical (unpaired) electrons. The Hall–Kier alpha value is -3.62. The summed E-state index contributed by atoms with van der Waals surface area (Å²) in [5.41, 5.74) is 3.59. The lowest BCUT2D eigenvalue weighted by atomic mass is 9.81. The van der Waals surface area contributed by atoms with Crippen LogP contribution in [0.25, 0.3) is 11.1 Å². The van der Waals surface area contributed by atoms with Crippen molar-refractivity contribution >= 4 is 17.6 Å². The largest absolute Gasteiger partial charge is 0.504 e. The molecular formula is C27H26ClNO7. The first kappa shape index (κ1) is 24.1. The third kappa shape index (κ3) is 3.51. The normalized spacial score (nSPS) is 18.9. The number of hydrogen-bond acceptors (Lipinski definition) is 8. The summed E-state index contributed by atoms with van der Waals surface area (Å²) >= 11 is 6.09. The molecule has 3 aromatic carbocycles. The van der Waals surface area contributed by atoms with Gasteiger partial charge in [-0.3, -0.25) is 4.90 Å². The van der Waals surface area contributed by atoms with Gasteiger partial charge in [0.25, 0.3) is 0 Å². The van der Waals surface area contributed by atoms with Gasteiger partial charge < -0.3 is 29.2 Å². The van der Waals surface area contributed by atoms with Crippen molar-refractivity contribution in [3.05, 3.63) is 63.7 Å². The Balaban J connectivity index is 1.75. The highest BCUT2D eigenvalue weighted by atomic mass is 35.5. The number of carbonyl (C=O) groups excluding carboxylic acids is 1. The van der Waals surface area contributed by atoms with Crippen LogP contribution in [0.5, 0.6) is 28.7 Å². The molecule has 2 N–H and O–H groups in total. The number of likely N-dealkylation sites (N-methyl/N-ethyl adjacent to an activating group) is 1. The molecule has 0 saturated carbocycles. The second-order valence-electron chi connectivity index (χ2n) is 8.77. The van der Waals surface area contributed by atoms with E-state index in [1.165, 1.54) is 21.3 Å². The molecule has 2 heterocycles. The standard InChI is InChI=1S/C27H26ClNO7/c1-29-12-11-15-18(13-5-7-14(28)8-6-13)22(30)23(31)26(35-4)19(15)21(29)24-16-9-10-17(33-2)25(34-3)20(16)27(32)36-24/h5-10,21,24,30-31H,11-12H2,1-4H3/t21-,24?/m1/s1. The molecular weight excluding hydrogens is 486 g/mol. The maximum atomic E-state index is 13.1. The second-order valence-corrected chi connectivity index (χ2v) is 9.21. The van der Waals surface area contributed by atoms with Gasteiger partial charge in [0.1, 0.15) is 11.7 Å². The Kier molecular flexibility index (Phi) is 6.10. The molecule has 188 valence electrons. The highest BCUT2D eigenvalue weighted by Crippen LogP contribution is 2.57. The van der Waals surface area contributed by atoms with Crippen molar-refractivity contribution in [3.8, 4) is 39.9 Å². The number of fused-ring (bicyclic) bond motifs is 2. The van der Waals surface area contributed by atoms with Crippen molar-refractivity contribution in [3.63, 3.8) is 0 Å². The molecule has 2 atom stereocenters. The number of benzene rings is 3. The zero-order chi connectivity index (χ0) is 25.7. The van der Waals surface area contributed by atoms with Gasteiger partial charge in [-0.1, -0.05) is 29.8 Å². The van der Waals surface area contributed by atoms with Gasteiger partial charge in [0.15, 0.2) is 23.0 Å². The number of hydrogen-bond donors (Lipinski definition) is 2. The first-order valence-electron chi connectivity index (χ1n) is 11.4. The number of halogens is 1. The highest BCUT2D eigenvalue weighted by Gasteiger charge is 2.46. The number of ether oxygens (including phenoxy) is 4. The van der Waals surface area contributed by atoms with E-state index in [4.69, 9.17) is 30.5 Å². The number of cyclic esters (lactones) is 1. The van der Waals surface area contributed by atoms with Crippen molar-refractivity contribution in [1.82, 2.24) is 4.90 Å². The molecule has 0 fully saturated rings. The van der Waals surface area contributed by atoms with E-state index in [-0.39, 0.29) is 17.2 Å². The predicted octanol–water partition coefficient (Wildman–Crippen LogP) is 4.88. The van der Waals surface area contributed by atoms with Crippen LogP contribution >= 0.6 is 11.6 Å². The average molecular weight is 512 g/mol. The number of carbonyl (C=O) groups is 1. The third-order valence-corrected chi connectivity index (χ3v) is 7.23. The Morgan fingerprint density at radius 3 is 2.28 bits per heavy atom. The lowest BCUT2D eigenvalue weighted by Gasteiger charge is -2.39. The minimum atomic E-state index is -0.715. The number of rotatable bonds is 5. The number of nitrogens with zero attached hydrogens (tertiary/aromatic N) is 1. The lowest BCUT2D eigenvalue weighted by molar-refractivity contribution is 0.00873. The van der Waals surface area contributed by atoms with Gasteiger partial charge in [-0.25, -0.2) is 4.79 Å². The van der Waals surface area contributed by atoms with Gasteiger partial charge >= 0.3 is 5.97 Å². The molecule has 0 amide bonds. The van der Waals surface area contributed by atoms with E-state index < -0.39 is 18.1 Å². The van der Waals surface area contributed by atoms with E-state index in [1.807, 2.05) is 7.05 Å². The Bertz CT molecular complexity index is 1360. The van der Waals surface area contributed by atoms with Crippen LogP contribution in [0, 0.1) is 0 Å². The molecule has 0 saturated heterocycles. The zero-order valence-corrected chi connectivity index (χ0v) is 21.0. The summed E-state index contributed by atoms with van der Waals surface area (Å²) in [6.45, 7) is 0.613. The molecule has 0 bridgehead atoms. The first-order chi connectivity index (χ1) is 17.3. The van der Waals surface area contributed by atoms with Crippen LogP contribution in [0.4, 0.5) is 0 Å². The van der Waals surface area contributed by atoms with Crippen LogP contribution in [0.3, 0.4) is 0 Å². The topological polar surface area (TPSA) is 97.7 Å². The maximum absolute atomic E-state index is 13.1. The summed E-state index contributed by atoms with van der Waals surface area (Å²) in [5.74, 6) is -0.294. The number of methoxy groups -OCH3 is 3. The van der Waals surface area contributed by atoms with Crippen LogP contribution < -0.4 is 14.2 Å². The van der Waals surface area contributed by atoms with Gasteiger partial charge in [0.05, 0.1) is 27.4 Å². The van der Waals surface area contributed by atoms with Gasteiger partial charge in [-0.2, -0.15) is 0 Å². The SMILES string of the molecule is COc1ccc2c(c1OC)C(=O)OC2[C@H]1c2c(c(-c3ccc(Cl)cc3)c(O)c(O)c2OC)CCN1C. The predicted molar refractivity (Wildman–Crippen MR) is 134 cm³/mol. The van der Waals surface area contributed by atoms with Crippen molar-refractivity contribution in [2.45, 2.75) is 18.6 Å². The fourth-order valence-corrected chi connectivity index (χ4v) is 5.49. The van der Waals surface area contributed by atoms with E-state index in [0.29, 0.717) is 57.3 Å². The van der Waals surface area contributed by atoms with Crippen molar-refractivity contribution in [1.29, 1.82) is 0 Å². The fourth-order valence-electron chi connectivity index (χ4n) is 5.37. The van der Waals surface area contributed by atoms with E-state index in [9.17, 15) is 15.0 Å². The molecule has 36 heavy (non-hydrogen) atoms. The van der Waals surface area contributed by atoms with Crippen LogP contribution in [-0.4, -0.2) is 56.0 Å². The lowest BCUT2D eigenvalue weighted by Crippen LogP contribution is -2.36. The summed E-state index contributed by atoms with van der Waals surface area (Å²) in [7, 11) is 6.34. The van der Waals surface area contributed by atoms with Crippen LogP contribution in [0.2, 0.25) is 5.02 Å². The molecule has 9 heteroatoms. The molecule has 3 aromatic rings. The smallest absolute Gasteiger partial charge is 0.343 e. The third-order valence-electron chi connectivity index (χ3n) is 6.98. The maximum Gasteiger partial charge on any atom is 0.343 e. The number of aromatic hydroxyl groups is 2. The Morgan fingerprint density at radius 2 is 1.64 bits per heavy atom. The van der Waals surface area contributed by atoms with E-state index in [2.05, 4.69) is 4.90 Å². The van der Waals surface area contributed by atoms with Gasteiger partial charge in [0, 0.05) is 28.3 Å². The number of esters is 1. The van der Waals surface area contributed by atoms with E-state index >= 15 is 0 Å². The Morgan fingerprint density at radius 1 is 0.944 bits per heavy atom. The molecule has 1 unspecified atom stereocenters. The average Bonchev–Trinajstić information content (AvgIpc) is 3.21. The van der Waals surface area contributed by atoms with Gasteiger partial charge in [0.2, 0.25) is 5.75 Å². The molecule has 2 aliphatic rings. The molecule has 8 nitrogen and oxygen atoms in total. The minimum Gasteiger partial charge on any atom is -0.504 e. The highest BCUT2D eigenvalue weighted by molar-refractivity contribution is 6.30. The van der Waals surface area contributed by atoms with Crippen molar-refractivity contribution in [2.75, 3.05) is 34.9 Å². The zero-order valence-electron chi connectivity index (χ0n) is 20.3. The van der Waals surface area contributed by atoms with Crippen LogP contribution in [-0.2, 0) is 11.2 Å². The van der Waals surface area contributed by atoms with Gasteiger partial charge in [-0.05, 0) is 42.8 Å². The van der Waals surface area contributed by atoms with Crippen molar-refractivity contribution in [2.24, 2.45) is 0 Å². The van der Waals surface area contributed by atoms with Crippen LogP contribution in [0.1, 0.15) is 39.2 Å². The monoisotopic (exact) mass is 511 g/mol. The molecule has 0 aromatic heterocycles. The summed E-state index contributed by atoms with van der Waals surface area (Å²) < 4.78 is 22.4. The molecule has 2 aliphatic heterocycles.